The molecule has 3 nitrogen and oxygen atoms in total. The Morgan fingerprint density at radius 2 is 1.95 bits per heavy atom. The molecule has 0 saturated carbocycles. The lowest BCUT2D eigenvalue weighted by Crippen LogP contribution is -2.19. The van der Waals surface area contributed by atoms with Gasteiger partial charge in [-0.25, -0.2) is 0 Å². The normalized spacial score (nSPS) is 15.5. The molecular formula is C17H20N2OS. The van der Waals surface area contributed by atoms with E-state index in [4.69, 9.17) is 0 Å². The van der Waals surface area contributed by atoms with E-state index in [0.717, 1.165) is 41.3 Å². The first-order chi connectivity index (χ1) is 10.3. The standard InChI is InChI=1S/C17H20N2OS/c1-2-14(20)16-15(12-19-10-6-7-11-19)21-18-17(16)13-8-4-3-5-9-13/h3-5,8-9H,2,6-7,10-12H2,1H3. The van der Waals surface area contributed by atoms with Crippen LogP contribution >= 0.6 is 11.5 Å². The number of rotatable bonds is 5. The molecule has 21 heavy (non-hydrogen) atoms. The predicted molar refractivity (Wildman–Crippen MR) is 86.7 cm³/mol. The molecule has 2 aromatic rings. The second-order valence-corrected chi connectivity index (χ2v) is 6.31. The van der Waals surface area contributed by atoms with E-state index in [9.17, 15) is 4.79 Å². The Hall–Kier alpha value is -1.52. The summed E-state index contributed by atoms with van der Waals surface area (Å²) in [7, 11) is 0. The number of hydrogen-bond donors (Lipinski definition) is 0. The van der Waals surface area contributed by atoms with Gasteiger partial charge < -0.3 is 0 Å². The SMILES string of the molecule is CCC(=O)c1c(-c2ccccc2)nsc1CN1CCCC1. The molecule has 1 aromatic heterocycles. The van der Waals surface area contributed by atoms with Crippen LogP contribution in [0.3, 0.4) is 0 Å². The lowest BCUT2D eigenvalue weighted by molar-refractivity contribution is 0.0987. The van der Waals surface area contributed by atoms with Gasteiger partial charge in [-0.1, -0.05) is 37.3 Å². The fourth-order valence-corrected chi connectivity index (χ4v) is 3.77. The quantitative estimate of drug-likeness (QED) is 0.783. The van der Waals surface area contributed by atoms with Crippen molar-refractivity contribution in [2.75, 3.05) is 13.1 Å². The molecule has 0 aliphatic carbocycles. The topological polar surface area (TPSA) is 33.2 Å². The molecule has 0 unspecified atom stereocenters. The molecule has 2 heterocycles. The Bertz CT molecular complexity index is 615. The summed E-state index contributed by atoms with van der Waals surface area (Å²) < 4.78 is 4.59. The molecule has 4 heteroatoms. The van der Waals surface area contributed by atoms with E-state index in [1.807, 2.05) is 37.3 Å². The highest BCUT2D eigenvalue weighted by atomic mass is 32.1. The maximum Gasteiger partial charge on any atom is 0.166 e. The number of nitrogens with zero attached hydrogens (tertiary/aromatic N) is 2. The van der Waals surface area contributed by atoms with Crippen molar-refractivity contribution in [1.82, 2.24) is 9.27 Å². The van der Waals surface area contributed by atoms with Crippen molar-refractivity contribution in [3.63, 3.8) is 0 Å². The number of benzene rings is 1. The van der Waals surface area contributed by atoms with Gasteiger partial charge in [-0.3, -0.25) is 9.69 Å². The van der Waals surface area contributed by atoms with Gasteiger partial charge >= 0.3 is 0 Å². The van der Waals surface area contributed by atoms with Crippen molar-refractivity contribution in [3.8, 4) is 11.3 Å². The van der Waals surface area contributed by atoms with Crippen molar-refractivity contribution in [1.29, 1.82) is 0 Å². The van der Waals surface area contributed by atoms with Gasteiger partial charge in [-0.15, -0.1) is 0 Å². The third kappa shape index (κ3) is 3.06. The van der Waals surface area contributed by atoms with E-state index >= 15 is 0 Å². The van der Waals surface area contributed by atoms with E-state index < -0.39 is 0 Å². The minimum Gasteiger partial charge on any atom is -0.298 e. The molecule has 1 fully saturated rings. The van der Waals surface area contributed by atoms with E-state index in [1.54, 1.807) is 0 Å². The fraction of sp³-hybridized carbons (Fsp3) is 0.412. The van der Waals surface area contributed by atoms with Gasteiger partial charge in [0.1, 0.15) is 0 Å². The smallest absolute Gasteiger partial charge is 0.166 e. The van der Waals surface area contributed by atoms with E-state index in [-0.39, 0.29) is 5.78 Å². The van der Waals surface area contributed by atoms with E-state index in [2.05, 4.69) is 9.27 Å². The molecule has 1 saturated heterocycles. The first-order valence-corrected chi connectivity index (χ1v) is 8.36. The van der Waals surface area contributed by atoms with Crippen LogP contribution < -0.4 is 0 Å². The van der Waals surface area contributed by atoms with Crippen LogP contribution in [0.25, 0.3) is 11.3 Å². The van der Waals surface area contributed by atoms with Gasteiger partial charge in [-0.05, 0) is 37.5 Å². The molecule has 1 aromatic carbocycles. The van der Waals surface area contributed by atoms with Crippen molar-refractivity contribution >= 4 is 17.3 Å². The van der Waals surface area contributed by atoms with Crippen LogP contribution in [0.4, 0.5) is 0 Å². The number of hydrogen-bond acceptors (Lipinski definition) is 4. The average Bonchev–Trinajstić information content (AvgIpc) is 3.17. The summed E-state index contributed by atoms with van der Waals surface area (Å²) in [4.78, 5) is 16.0. The summed E-state index contributed by atoms with van der Waals surface area (Å²) in [6.07, 6.45) is 3.06. The lowest BCUT2D eigenvalue weighted by Gasteiger charge is -2.14. The van der Waals surface area contributed by atoms with Crippen LogP contribution in [0.15, 0.2) is 30.3 Å². The van der Waals surface area contributed by atoms with Crippen molar-refractivity contribution in [3.05, 3.63) is 40.8 Å². The highest BCUT2D eigenvalue weighted by Gasteiger charge is 2.23. The molecule has 1 aliphatic rings. The van der Waals surface area contributed by atoms with Crippen molar-refractivity contribution in [2.24, 2.45) is 0 Å². The third-order valence-corrected chi connectivity index (χ3v) is 4.80. The Morgan fingerprint density at radius 1 is 1.24 bits per heavy atom. The highest BCUT2D eigenvalue weighted by molar-refractivity contribution is 7.06. The number of Topliss-reactive ketones (excluding diaryl/α,β-unsaturated/α-hetero) is 1. The van der Waals surface area contributed by atoms with Crippen LogP contribution in [0.5, 0.6) is 0 Å². The second-order valence-electron chi connectivity index (χ2n) is 5.46. The van der Waals surface area contributed by atoms with Crippen LogP contribution in [0, 0.1) is 0 Å². The zero-order valence-corrected chi connectivity index (χ0v) is 13.2. The molecule has 0 N–H and O–H groups in total. The van der Waals surface area contributed by atoms with Crippen LogP contribution in [-0.2, 0) is 6.54 Å². The van der Waals surface area contributed by atoms with Crippen molar-refractivity contribution in [2.45, 2.75) is 32.7 Å². The first kappa shape index (κ1) is 14.4. The highest BCUT2D eigenvalue weighted by Crippen LogP contribution is 2.31. The molecule has 0 amide bonds. The zero-order chi connectivity index (χ0) is 14.7. The van der Waals surface area contributed by atoms with E-state index in [0.29, 0.717) is 6.42 Å². The van der Waals surface area contributed by atoms with Gasteiger partial charge in [0.05, 0.1) is 16.1 Å². The lowest BCUT2D eigenvalue weighted by atomic mass is 10.0. The van der Waals surface area contributed by atoms with E-state index in [1.165, 1.54) is 24.4 Å². The first-order valence-electron chi connectivity index (χ1n) is 7.59. The summed E-state index contributed by atoms with van der Waals surface area (Å²) in [5.41, 5.74) is 2.75. The molecule has 3 rings (SSSR count). The summed E-state index contributed by atoms with van der Waals surface area (Å²) in [5.74, 6) is 0.205. The molecule has 0 spiro atoms. The second kappa shape index (κ2) is 6.50. The van der Waals surface area contributed by atoms with Gasteiger partial charge in [-0.2, -0.15) is 4.37 Å². The monoisotopic (exact) mass is 300 g/mol. The van der Waals surface area contributed by atoms with Crippen LogP contribution in [0.2, 0.25) is 0 Å². The fourth-order valence-electron chi connectivity index (χ4n) is 2.83. The molecule has 110 valence electrons. The predicted octanol–water partition coefficient (Wildman–Crippen LogP) is 4.00. The van der Waals surface area contributed by atoms with Crippen molar-refractivity contribution < 1.29 is 4.79 Å². The molecule has 0 bridgehead atoms. The number of carbonyl (C=O) groups excluding carboxylic acids is 1. The number of aromatic nitrogens is 1. The van der Waals surface area contributed by atoms with Gasteiger partial charge in [0.2, 0.25) is 0 Å². The molecule has 1 aliphatic heterocycles. The number of ketones is 1. The molecular weight excluding hydrogens is 280 g/mol. The van der Waals surface area contributed by atoms with Gasteiger partial charge in [0, 0.05) is 18.5 Å². The van der Waals surface area contributed by atoms with Crippen LogP contribution in [-0.4, -0.2) is 28.1 Å². The Labute approximate surface area is 129 Å². The largest absolute Gasteiger partial charge is 0.298 e. The minimum absolute atomic E-state index is 0.205. The molecule has 0 radical (unpaired) electrons. The van der Waals surface area contributed by atoms with Gasteiger partial charge in [0.25, 0.3) is 0 Å². The zero-order valence-electron chi connectivity index (χ0n) is 12.3. The third-order valence-electron chi connectivity index (χ3n) is 3.98. The number of carbonyl (C=O) groups is 1. The minimum atomic E-state index is 0.205. The summed E-state index contributed by atoms with van der Waals surface area (Å²) in [5, 5.41) is 0. The van der Waals surface area contributed by atoms with Gasteiger partial charge in [0.15, 0.2) is 5.78 Å². The number of likely N-dealkylation sites (tertiary alicyclic amines) is 1. The summed E-state index contributed by atoms with van der Waals surface area (Å²) >= 11 is 1.49. The Kier molecular flexibility index (Phi) is 4.46. The Balaban J connectivity index is 1.97. The summed E-state index contributed by atoms with van der Waals surface area (Å²) in [6, 6.07) is 10.0. The summed E-state index contributed by atoms with van der Waals surface area (Å²) in [6.45, 7) is 5.07. The maximum atomic E-state index is 12.4. The molecule has 0 atom stereocenters. The Morgan fingerprint density at radius 3 is 2.62 bits per heavy atom. The maximum absolute atomic E-state index is 12.4. The van der Waals surface area contributed by atoms with Crippen LogP contribution in [0.1, 0.15) is 41.4 Å². The average molecular weight is 300 g/mol.